The lowest BCUT2D eigenvalue weighted by Gasteiger charge is -2.12. The van der Waals surface area contributed by atoms with E-state index in [9.17, 15) is 0 Å². The molecule has 0 unspecified atom stereocenters. The van der Waals surface area contributed by atoms with Crippen LogP contribution in [-0.2, 0) is 0 Å². The molecular formula is C11H24. The molecule has 0 saturated heterocycles. The maximum atomic E-state index is 2.33. The first-order valence-electron chi connectivity index (χ1n) is 5.35. The van der Waals surface area contributed by atoms with Gasteiger partial charge in [0, 0.05) is 0 Å². The van der Waals surface area contributed by atoms with Crippen molar-refractivity contribution in [1.82, 2.24) is 0 Å². The molecule has 0 aromatic carbocycles. The molecule has 0 heterocycles. The average Bonchev–Trinajstić information content (AvgIpc) is 2.03. The maximum absolute atomic E-state index is 2.33. The topological polar surface area (TPSA) is 0 Å². The molecule has 0 radical (unpaired) electrons. The molecule has 0 aliphatic heterocycles. The van der Waals surface area contributed by atoms with Gasteiger partial charge in [-0.15, -0.1) is 0 Å². The van der Waals surface area contributed by atoms with Crippen LogP contribution in [0.1, 0.15) is 65.7 Å². The Hall–Kier alpha value is 0. The van der Waals surface area contributed by atoms with Crippen molar-refractivity contribution < 1.29 is 0 Å². The molecule has 0 amide bonds. The highest BCUT2D eigenvalue weighted by molar-refractivity contribution is 4.56. The molecule has 0 spiro atoms. The minimum absolute atomic E-state index is 1.02. The fourth-order valence-corrected chi connectivity index (χ4v) is 1.64. The number of hydrogen-bond donors (Lipinski definition) is 0. The van der Waals surface area contributed by atoms with E-state index in [0.717, 1.165) is 5.92 Å². The summed E-state index contributed by atoms with van der Waals surface area (Å²) < 4.78 is 0. The van der Waals surface area contributed by atoms with Gasteiger partial charge in [-0.1, -0.05) is 65.7 Å². The highest BCUT2D eigenvalue weighted by Gasteiger charge is 2.03. The largest absolute Gasteiger partial charge is 0.0654 e. The van der Waals surface area contributed by atoms with Gasteiger partial charge in [-0.25, -0.2) is 0 Å². The van der Waals surface area contributed by atoms with Gasteiger partial charge in [-0.05, 0) is 5.92 Å². The predicted octanol–water partition coefficient (Wildman–Crippen LogP) is 4.39. The van der Waals surface area contributed by atoms with E-state index in [1.54, 1.807) is 0 Å². The first kappa shape index (κ1) is 11.0. The standard InChI is InChI=1S/C11H24/c1-4-7-8-10-11(6-3)9-5-2/h11H,4-10H2,1-3H3/t11-/m0/s1. The van der Waals surface area contributed by atoms with Crippen LogP contribution in [0.3, 0.4) is 0 Å². The molecule has 0 aliphatic rings. The van der Waals surface area contributed by atoms with Crippen molar-refractivity contribution in [3.8, 4) is 0 Å². The number of rotatable bonds is 7. The second-order valence-corrected chi connectivity index (χ2v) is 3.56. The Morgan fingerprint density at radius 2 is 1.55 bits per heavy atom. The molecule has 68 valence electrons. The Morgan fingerprint density at radius 3 is 2.00 bits per heavy atom. The van der Waals surface area contributed by atoms with Gasteiger partial charge in [-0.3, -0.25) is 0 Å². The van der Waals surface area contributed by atoms with Gasteiger partial charge < -0.3 is 0 Å². The maximum Gasteiger partial charge on any atom is -0.0417 e. The minimum atomic E-state index is 1.02. The summed E-state index contributed by atoms with van der Waals surface area (Å²) >= 11 is 0. The Kier molecular flexibility index (Phi) is 8.10. The third-order valence-corrected chi connectivity index (χ3v) is 2.49. The van der Waals surface area contributed by atoms with Crippen molar-refractivity contribution in [2.24, 2.45) is 5.92 Å². The average molecular weight is 156 g/mol. The monoisotopic (exact) mass is 156 g/mol. The normalized spacial score (nSPS) is 13.4. The van der Waals surface area contributed by atoms with E-state index < -0.39 is 0 Å². The summed E-state index contributed by atoms with van der Waals surface area (Å²) in [6.45, 7) is 6.90. The van der Waals surface area contributed by atoms with E-state index in [0.29, 0.717) is 0 Å². The number of unbranched alkanes of at least 4 members (excludes halogenated alkanes) is 2. The van der Waals surface area contributed by atoms with Crippen LogP contribution < -0.4 is 0 Å². The zero-order valence-electron chi connectivity index (χ0n) is 8.53. The van der Waals surface area contributed by atoms with Crippen LogP contribution in [0.25, 0.3) is 0 Å². The van der Waals surface area contributed by atoms with Gasteiger partial charge in [-0.2, -0.15) is 0 Å². The molecule has 0 aliphatic carbocycles. The van der Waals surface area contributed by atoms with Gasteiger partial charge in [0.2, 0.25) is 0 Å². The molecule has 11 heavy (non-hydrogen) atoms. The van der Waals surface area contributed by atoms with E-state index in [2.05, 4.69) is 20.8 Å². The van der Waals surface area contributed by atoms with E-state index >= 15 is 0 Å². The van der Waals surface area contributed by atoms with Gasteiger partial charge in [0.25, 0.3) is 0 Å². The van der Waals surface area contributed by atoms with Crippen LogP contribution in [0.4, 0.5) is 0 Å². The lowest BCUT2D eigenvalue weighted by Crippen LogP contribution is -1.97. The summed E-state index contributed by atoms with van der Waals surface area (Å²) in [6, 6.07) is 0. The lowest BCUT2D eigenvalue weighted by molar-refractivity contribution is 0.412. The summed E-state index contributed by atoms with van der Waals surface area (Å²) in [7, 11) is 0. The number of hydrogen-bond acceptors (Lipinski definition) is 0. The molecular weight excluding hydrogens is 132 g/mol. The van der Waals surface area contributed by atoms with Crippen molar-refractivity contribution in [2.45, 2.75) is 65.7 Å². The Balaban J connectivity index is 3.20. The van der Waals surface area contributed by atoms with Crippen LogP contribution in [0, 0.1) is 5.92 Å². The summed E-state index contributed by atoms with van der Waals surface area (Å²) in [6.07, 6.45) is 9.92. The van der Waals surface area contributed by atoms with Crippen LogP contribution in [0.15, 0.2) is 0 Å². The van der Waals surface area contributed by atoms with Crippen LogP contribution in [-0.4, -0.2) is 0 Å². The van der Waals surface area contributed by atoms with E-state index in [1.165, 1.54) is 44.9 Å². The van der Waals surface area contributed by atoms with Gasteiger partial charge in [0.15, 0.2) is 0 Å². The van der Waals surface area contributed by atoms with E-state index in [-0.39, 0.29) is 0 Å². The smallest absolute Gasteiger partial charge is 0.0417 e. The second kappa shape index (κ2) is 8.10. The molecule has 0 fully saturated rings. The molecule has 1 atom stereocenters. The minimum Gasteiger partial charge on any atom is -0.0654 e. The second-order valence-electron chi connectivity index (χ2n) is 3.56. The Labute approximate surface area is 72.4 Å². The fraction of sp³-hybridized carbons (Fsp3) is 1.00. The first-order chi connectivity index (χ1) is 5.35. The lowest BCUT2D eigenvalue weighted by atomic mass is 9.94. The summed E-state index contributed by atoms with van der Waals surface area (Å²) in [4.78, 5) is 0. The highest BCUT2D eigenvalue weighted by atomic mass is 14.1. The van der Waals surface area contributed by atoms with E-state index in [4.69, 9.17) is 0 Å². The Bertz CT molecular complexity index is 66.4. The van der Waals surface area contributed by atoms with Crippen molar-refractivity contribution in [1.29, 1.82) is 0 Å². The Morgan fingerprint density at radius 1 is 0.818 bits per heavy atom. The third kappa shape index (κ3) is 6.40. The zero-order chi connectivity index (χ0) is 8.53. The third-order valence-electron chi connectivity index (χ3n) is 2.49. The predicted molar refractivity (Wildman–Crippen MR) is 52.8 cm³/mol. The summed E-state index contributed by atoms with van der Waals surface area (Å²) in [5, 5.41) is 0. The molecule has 0 aromatic rings. The SMILES string of the molecule is CCCCC[C@@H](CC)CCC. The molecule has 0 heteroatoms. The molecule has 0 saturated carbocycles. The molecule has 0 nitrogen and oxygen atoms in total. The van der Waals surface area contributed by atoms with Gasteiger partial charge >= 0.3 is 0 Å². The summed E-state index contributed by atoms with van der Waals surface area (Å²) in [5.74, 6) is 1.02. The summed E-state index contributed by atoms with van der Waals surface area (Å²) in [5.41, 5.74) is 0. The zero-order valence-corrected chi connectivity index (χ0v) is 8.53. The van der Waals surface area contributed by atoms with Crippen LogP contribution >= 0.6 is 0 Å². The molecule has 0 bridgehead atoms. The van der Waals surface area contributed by atoms with Crippen LogP contribution in [0.5, 0.6) is 0 Å². The molecule has 0 rings (SSSR count). The van der Waals surface area contributed by atoms with Crippen molar-refractivity contribution in [3.05, 3.63) is 0 Å². The quantitative estimate of drug-likeness (QED) is 0.479. The fourth-order valence-electron chi connectivity index (χ4n) is 1.64. The van der Waals surface area contributed by atoms with Gasteiger partial charge in [0.1, 0.15) is 0 Å². The van der Waals surface area contributed by atoms with E-state index in [1.807, 2.05) is 0 Å². The van der Waals surface area contributed by atoms with Crippen molar-refractivity contribution in [2.75, 3.05) is 0 Å². The van der Waals surface area contributed by atoms with Gasteiger partial charge in [0.05, 0.1) is 0 Å². The van der Waals surface area contributed by atoms with Crippen molar-refractivity contribution in [3.63, 3.8) is 0 Å². The molecule has 0 N–H and O–H groups in total. The van der Waals surface area contributed by atoms with Crippen molar-refractivity contribution >= 4 is 0 Å². The molecule has 0 aromatic heterocycles. The first-order valence-corrected chi connectivity index (χ1v) is 5.35. The highest BCUT2D eigenvalue weighted by Crippen LogP contribution is 2.18. The van der Waals surface area contributed by atoms with Crippen LogP contribution in [0.2, 0.25) is 0 Å².